The predicted molar refractivity (Wildman–Crippen MR) is 324 cm³/mol. The van der Waals surface area contributed by atoms with Gasteiger partial charge in [0.05, 0.1) is 25.4 Å². The predicted octanol–water partition coefficient (Wildman–Crippen LogP) is 21.6. The van der Waals surface area contributed by atoms with Crippen LogP contribution < -0.4 is 5.32 Å². The Labute approximate surface area is 463 Å². The van der Waals surface area contributed by atoms with Gasteiger partial charge in [0.25, 0.3) is 0 Å². The topological polar surface area (TPSA) is 95.9 Å². The van der Waals surface area contributed by atoms with Gasteiger partial charge in [-0.1, -0.05) is 334 Å². The molecule has 0 saturated carbocycles. The summed E-state index contributed by atoms with van der Waals surface area (Å²) in [5, 5.41) is 23.4. The van der Waals surface area contributed by atoms with Gasteiger partial charge in [0.1, 0.15) is 0 Å². The maximum Gasteiger partial charge on any atom is 0.305 e. The van der Waals surface area contributed by atoms with Gasteiger partial charge in [0, 0.05) is 12.8 Å². The van der Waals surface area contributed by atoms with Gasteiger partial charge in [-0.05, 0) is 51.4 Å². The van der Waals surface area contributed by atoms with Crippen molar-refractivity contribution in [3.8, 4) is 0 Å². The minimum atomic E-state index is -0.664. The van der Waals surface area contributed by atoms with Crippen molar-refractivity contribution in [2.24, 2.45) is 0 Å². The summed E-state index contributed by atoms with van der Waals surface area (Å²) >= 11 is 0. The van der Waals surface area contributed by atoms with Crippen molar-refractivity contribution in [1.82, 2.24) is 5.32 Å². The zero-order chi connectivity index (χ0) is 53.6. The van der Waals surface area contributed by atoms with Crippen molar-refractivity contribution in [2.75, 3.05) is 13.2 Å². The van der Waals surface area contributed by atoms with Gasteiger partial charge in [0.2, 0.25) is 5.91 Å². The molecule has 0 heterocycles. The maximum atomic E-state index is 12.5. The second-order valence-electron chi connectivity index (χ2n) is 23.5. The molecule has 0 aromatic rings. The summed E-state index contributed by atoms with van der Waals surface area (Å²) in [5.74, 6) is -0.0223. The number of nitrogens with one attached hydrogen (secondary N) is 1. The van der Waals surface area contributed by atoms with Crippen molar-refractivity contribution in [1.29, 1.82) is 0 Å². The number of allylic oxidation sites excluding steroid dienone is 2. The molecule has 0 fully saturated rings. The molecule has 3 N–H and O–H groups in total. The number of rotatable bonds is 64. The van der Waals surface area contributed by atoms with E-state index in [1.54, 1.807) is 0 Å². The van der Waals surface area contributed by atoms with Gasteiger partial charge >= 0.3 is 5.97 Å². The quantitative estimate of drug-likeness (QED) is 0.0320. The van der Waals surface area contributed by atoms with Crippen LogP contribution in [0.1, 0.15) is 386 Å². The number of aliphatic hydroxyl groups is 2. The average molecular weight is 1040 g/mol. The first-order valence-electron chi connectivity index (χ1n) is 33.9. The van der Waals surface area contributed by atoms with Gasteiger partial charge in [-0.25, -0.2) is 0 Å². The minimum Gasteiger partial charge on any atom is -0.466 e. The van der Waals surface area contributed by atoms with Crippen molar-refractivity contribution in [2.45, 2.75) is 398 Å². The van der Waals surface area contributed by atoms with E-state index in [1.165, 1.54) is 308 Å². The van der Waals surface area contributed by atoms with Crippen LogP contribution in [0.25, 0.3) is 0 Å². The van der Waals surface area contributed by atoms with Crippen LogP contribution in [0.5, 0.6) is 0 Å². The Bertz CT molecular complexity index is 1110. The highest BCUT2D eigenvalue weighted by Crippen LogP contribution is 2.19. The van der Waals surface area contributed by atoms with E-state index < -0.39 is 12.1 Å². The van der Waals surface area contributed by atoms with E-state index in [0.29, 0.717) is 25.9 Å². The van der Waals surface area contributed by atoms with Crippen LogP contribution in [0.4, 0.5) is 0 Å². The standard InChI is InChI=1S/C68H133NO5/c1-3-5-7-9-11-13-15-17-18-19-20-27-30-33-37-40-44-48-52-56-60-66(71)65(64-70)69-67(72)61-57-53-49-45-41-38-34-31-28-25-23-21-22-24-26-29-32-35-39-43-47-51-55-59-63-74-68(73)62-58-54-50-46-42-36-16-14-12-10-8-6-4-2/h14,16,65-66,70-71H,3-13,15,17-64H2,1-2H3,(H,69,72)/b16-14-. The van der Waals surface area contributed by atoms with Crippen molar-refractivity contribution in [3.05, 3.63) is 12.2 Å². The fourth-order valence-electron chi connectivity index (χ4n) is 10.9. The number of carbonyl (C=O) groups excluding carboxylic acids is 2. The third-order valence-corrected chi connectivity index (χ3v) is 16.1. The van der Waals surface area contributed by atoms with E-state index in [4.69, 9.17) is 4.74 Å². The highest BCUT2D eigenvalue weighted by atomic mass is 16.5. The average Bonchev–Trinajstić information content (AvgIpc) is 3.40. The molecule has 2 atom stereocenters. The molecule has 1 amide bonds. The van der Waals surface area contributed by atoms with Gasteiger partial charge in [-0.15, -0.1) is 0 Å². The van der Waals surface area contributed by atoms with Crippen molar-refractivity contribution >= 4 is 11.9 Å². The number of carbonyl (C=O) groups is 2. The number of esters is 1. The monoisotopic (exact) mass is 1040 g/mol. The third-order valence-electron chi connectivity index (χ3n) is 16.1. The van der Waals surface area contributed by atoms with Crippen LogP contribution in [-0.4, -0.2) is 47.4 Å². The Balaban J connectivity index is 3.37. The second kappa shape index (κ2) is 64.1. The third kappa shape index (κ3) is 59.8. The molecule has 0 saturated heterocycles. The minimum absolute atomic E-state index is 0.00716. The summed E-state index contributed by atoms with van der Waals surface area (Å²) in [5.41, 5.74) is 0. The lowest BCUT2D eigenvalue weighted by atomic mass is 10.0. The van der Waals surface area contributed by atoms with Gasteiger partial charge in [-0.3, -0.25) is 9.59 Å². The van der Waals surface area contributed by atoms with Crippen molar-refractivity contribution < 1.29 is 24.5 Å². The Morgan fingerprint density at radius 1 is 0.365 bits per heavy atom. The molecule has 440 valence electrons. The lowest BCUT2D eigenvalue weighted by Crippen LogP contribution is -2.45. The van der Waals surface area contributed by atoms with E-state index in [2.05, 4.69) is 31.3 Å². The van der Waals surface area contributed by atoms with E-state index in [1.807, 2.05) is 0 Å². The molecule has 0 aromatic heterocycles. The zero-order valence-corrected chi connectivity index (χ0v) is 50.4. The first-order valence-corrected chi connectivity index (χ1v) is 33.9. The van der Waals surface area contributed by atoms with Crippen LogP contribution in [0.2, 0.25) is 0 Å². The van der Waals surface area contributed by atoms with Crippen LogP contribution in [-0.2, 0) is 14.3 Å². The lowest BCUT2D eigenvalue weighted by Gasteiger charge is -2.22. The van der Waals surface area contributed by atoms with E-state index in [9.17, 15) is 19.8 Å². The lowest BCUT2D eigenvalue weighted by molar-refractivity contribution is -0.143. The number of unbranched alkanes of at least 4 members (excludes halogenated alkanes) is 51. The second-order valence-corrected chi connectivity index (χ2v) is 23.5. The molecule has 6 nitrogen and oxygen atoms in total. The Hall–Kier alpha value is -1.40. The SMILES string of the molecule is CCCCCC/C=C\CCCCCCCC(=O)OCCCCCCCCCCCCCCCCCCCCCCCCCCC(=O)NC(CO)C(O)CCCCCCCCCCCCCCCCCCCCCC. The Kier molecular flexibility index (Phi) is 62.9. The molecule has 0 bridgehead atoms. The molecule has 2 unspecified atom stereocenters. The number of amides is 1. The molecule has 6 heteroatoms. The number of ether oxygens (including phenoxy) is 1. The fourth-order valence-corrected chi connectivity index (χ4v) is 10.9. The van der Waals surface area contributed by atoms with Crippen LogP contribution in [0.3, 0.4) is 0 Å². The summed E-state index contributed by atoms with van der Waals surface area (Å²) < 4.78 is 5.48. The number of hydrogen-bond donors (Lipinski definition) is 3. The van der Waals surface area contributed by atoms with Crippen LogP contribution >= 0.6 is 0 Å². The molecule has 0 aliphatic rings. The van der Waals surface area contributed by atoms with Crippen molar-refractivity contribution in [3.63, 3.8) is 0 Å². The summed E-state index contributed by atoms with van der Waals surface area (Å²) in [4.78, 5) is 24.6. The molecule has 0 aliphatic carbocycles. The van der Waals surface area contributed by atoms with Gasteiger partial charge in [0.15, 0.2) is 0 Å². The highest BCUT2D eigenvalue weighted by Gasteiger charge is 2.20. The zero-order valence-electron chi connectivity index (χ0n) is 50.4. The van der Waals surface area contributed by atoms with Crippen LogP contribution in [0, 0.1) is 0 Å². The first kappa shape index (κ1) is 72.6. The van der Waals surface area contributed by atoms with E-state index >= 15 is 0 Å². The first-order chi connectivity index (χ1) is 36.5. The normalized spacial score (nSPS) is 12.5. The largest absolute Gasteiger partial charge is 0.466 e. The molecule has 0 aromatic carbocycles. The molecule has 74 heavy (non-hydrogen) atoms. The summed E-state index contributed by atoms with van der Waals surface area (Å²) in [6.07, 6.45) is 78.1. The van der Waals surface area contributed by atoms with E-state index in [-0.39, 0.29) is 18.5 Å². The molecule has 0 radical (unpaired) electrons. The summed E-state index contributed by atoms with van der Waals surface area (Å²) in [7, 11) is 0. The fraction of sp³-hybridized carbons (Fsp3) is 0.941. The maximum absolute atomic E-state index is 12.5. The Morgan fingerprint density at radius 2 is 0.635 bits per heavy atom. The van der Waals surface area contributed by atoms with Gasteiger partial charge < -0.3 is 20.3 Å². The molecular weight excluding hydrogens is 911 g/mol. The Morgan fingerprint density at radius 3 is 0.973 bits per heavy atom. The number of aliphatic hydroxyl groups excluding tert-OH is 2. The molecular formula is C68H133NO5. The number of hydrogen-bond acceptors (Lipinski definition) is 5. The summed E-state index contributed by atoms with van der Waals surface area (Å²) in [6.45, 7) is 4.97. The smallest absolute Gasteiger partial charge is 0.305 e. The summed E-state index contributed by atoms with van der Waals surface area (Å²) in [6, 6.07) is -0.541. The highest BCUT2D eigenvalue weighted by molar-refractivity contribution is 5.76. The van der Waals surface area contributed by atoms with Crippen LogP contribution in [0.15, 0.2) is 12.2 Å². The van der Waals surface area contributed by atoms with E-state index in [0.717, 1.165) is 44.9 Å². The molecule has 0 aliphatic heterocycles. The molecule has 0 rings (SSSR count). The molecule has 0 spiro atoms. The van der Waals surface area contributed by atoms with Gasteiger partial charge in [-0.2, -0.15) is 0 Å².